The largest absolute Gasteiger partial charge is 0.375 e. The van der Waals surface area contributed by atoms with Gasteiger partial charge in [0.1, 0.15) is 12.4 Å². The molecule has 3 aliphatic heterocycles. The summed E-state index contributed by atoms with van der Waals surface area (Å²) in [5, 5.41) is 0. The van der Waals surface area contributed by atoms with Crippen LogP contribution in [0.1, 0.15) is 24.8 Å². The van der Waals surface area contributed by atoms with Crippen LogP contribution < -0.4 is 9.80 Å². The number of rotatable bonds is 8. The Morgan fingerprint density at radius 2 is 1.74 bits per heavy atom. The highest BCUT2D eigenvalue weighted by Gasteiger charge is 2.23. The summed E-state index contributed by atoms with van der Waals surface area (Å²) in [5.41, 5.74) is 3.49. The second-order valence-electron chi connectivity index (χ2n) is 9.53. The number of carbonyl (C=O) groups excluding carboxylic acids is 1. The van der Waals surface area contributed by atoms with Gasteiger partial charge in [0.2, 0.25) is 5.91 Å². The molecule has 182 valence electrons. The molecular formula is C26H36N6O2. The minimum absolute atomic E-state index is 0.0661. The standard InChI is InChI=1S/C26H36N6O2/c1-34-20-24(33)31-17-15-30(16-18-31)23-7-5-21(6-8-23)25-27-19-22-9-14-32(26(22)28-25)13-4-12-29-10-2-3-11-29/h5-8,19H,2-4,9-18,20H2,1H3. The molecule has 8 nitrogen and oxygen atoms in total. The average molecular weight is 465 g/mol. The highest BCUT2D eigenvalue weighted by molar-refractivity contribution is 5.77. The molecule has 0 spiro atoms. The maximum atomic E-state index is 12.0. The maximum Gasteiger partial charge on any atom is 0.248 e. The van der Waals surface area contributed by atoms with Crippen LogP contribution >= 0.6 is 0 Å². The summed E-state index contributed by atoms with van der Waals surface area (Å²) < 4.78 is 4.98. The van der Waals surface area contributed by atoms with Crippen molar-refractivity contribution in [2.75, 3.05) is 82.4 Å². The minimum atomic E-state index is 0.0661. The summed E-state index contributed by atoms with van der Waals surface area (Å²) in [6.07, 6.45) is 6.95. The third-order valence-corrected chi connectivity index (χ3v) is 7.28. The lowest BCUT2D eigenvalue weighted by molar-refractivity contribution is -0.135. The van der Waals surface area contributed by atoms with Crippen LogP contribution in [0.4, 0.5) is 11.5 Å². The normalized spacial score (nSPS) is 18.6. The summed E-state index contributed by atoms with van der Waals surface area (Å²) >= 11 is 0. The second-order valence-corrected chi connectivity index (χ2v) is 9.53. The number of piperazine rings is 1. The number of benzene rings is 1. The summed E-state index contributed by atoms with van der Waals surface area (Å²) in [6.45, 7) is 9.11. The zero-order valence-corrected chi connectivity index (χ0v) is 20.3. The molecule has 2 saturated heterocycles. The third kappa shape index (κ3) is 5.18. The van der Waals surface area contributed by atoms with E-state index in [4.69, 9.17) is 9.72 Å². The lowest BCUT2D eigenvalue weighted by Gasteiger charge is -2.36. The number of anilines is 2. The number of nitrogens with zero attached hydrogens (tertiary/aromatic N) is 6. The Morgan fingerprint density at radius 1 is 0.971 bits per heavy atom. The van der Waals surface area contributed by atoms with Crippen molar-refractivity contribution < 1.29 is 9.53 Å². The molecule has 2 aromatic rings. The van der Waals surface area contributed by atoms with Crippen molar-refractivity contribution in [1.29, 1.82) is 0 Å². The van der Waals surface area contributed by atoms with Gasteiger partial charge < -0.3 is 24.3 Å². The first-order valence-corrected chi connectivity index (χ1v) is 12.7. The van der Waals surface area contributed by atoms with E-state index in [1.165, 1.54) is 50.1 Å². The van der Waals surface area contributed by atoms with Gasteiger partial charge in [-0.15, -0.1) is 0 Å². The number of aromatic nitrogens is 2. The van der Waals surface area contributed by atoms with E-state index >= 15 is 0 Å². The van der Waals surface area contributed by atoms with Gasteiger partial charge in [-0.25, -0.2) is 9.97 Å². The monoisotopic (exact) mass is 464 g/mol. The van der Waals surface area contributed by atoms with Crippen molar-refractivity contribution in [3.8, 4) is 11.4 Å². The average Bonchev–Trinajstić information content (AvgIpc) is 3.54. The second kappa shape index (κ2) is 10.7. The number of fused-ring (bicyclic) bond motifs is 1. The number of carbonyl (C=O) groups is 1. The van der Waals surface area contributed by atoms with Crippen molar-refractivity contribution >= 4 is 17.4 Å². The highest BCUT2D eigenvalue weighted by atomic mass is 16.5. The van der Waals surface area contributed by atoms with E-state index in [2.05, 4.69) is 43.9 Å². The van der Waals surface area contributed by atoms with Gasteiger partial charge >= 0.3 is 0 Å². The molecule has 0 saturated carbocycles. The molecular weight excluding hydrogens is 428 g/mol. The van der Waals surface area contributed by atoms with E-state index in [1.807, 2.05) is 11.1 Å². The van der Waals surface area contributed by atoms with E-state index in [0.29, 0.717) is 0 Å². The van der Waals surface area contributed by atoms with E-state index < -0.39 is 0 Å². The highest BCUT2D eigenvalue weighted by Crippen LogP contribution is 2.29. The van der Waals surface area contributed by atoms with Crippen LogP contribution in [-0.4, -0.2) is 98.3 Å². The van der Waals surface area contributed by atoms with Gasteiger partial charge in [-0.2, -0.15) is 0 Å². The van der Waals surface area contributed by atoms with Crippen LogP contribution in [0.3, 0.4) is 0 Å². The molecule has 0 radical (unpaired) electrons. The maximum absolute atomic E-state index is 12.0. The smallest absolute Gasteiger partial charge is 0.248 e. The predicted molar refractivity (Wildman–Crippen MR) is 134 cm³/mol. The first-order chi connectivity index (χ1) is 16.7. The summed E-state index contributed by atoms with van der Waals surface area (Å²) in [4.78, 5) is 30.9. The van der Waals surface area contributed by atoms with Crippen LogP contribution in [0.25, 0.3) is 11.4 Å². The van der Waals surface area contributed by atoms with Crippen LogP contribution in [0, 0.1) is 0 Å². The van der Waals surface area contributed by atoms with Crippen molar-refractivity contribution in [2.24, 2.45) is 0 Å². The molecule has 1 amide bonds. The van der Waals surface area contributed by atoms with Crippen LogP contribution in [0.2, 0.25) is 0 Å². The molecule has 0 N–H and O–H groups in total. The molecule has 1 aromatic carbocycles. The molecule has 2 fully saturated rings. The fourth-order valence-electron chi connectivity index (χ4n) is 5.31. The van der Waals surface area contributed by atoms with E-state index in [0.717, 1.165) is 62.9 Å². The van der Waals surface area contributed by atoms with Crippen molar-refractivity contribution in [1.82, 2.24) is 19.8 Å². The molecule has 4 heterocycles. The Balaban J connectivity index is 1.19. The number of ether oxygens (including phenoxy) is 1. The Kier molecular flexibility index (Phi) is 7.25. The number of hydrogen-bond donors (Lipinski definition) is 0. The summed E-state index contributed by atoms with van der Waals surface area (Å²) in [5.74, 6) is 1.98. The van der Waals surface area contributed by atoms with Gasteiger partial charge in [0, 0.05) is 69.4 Å². The Labute approximate surface area is 202 Å². The van der Waals surface area contributed by atoms with Crippen LogP contribution in [0.15, 0.2) is 30.5 Å². The first-order valence-electron chi connectivity index (χ1n) is 12.7. The van der Waals surface area contributed by atoms with Gasteiger partial charge in [-0.3, -0.25) is 4.79 Å². The Hall–Kier alpha value is -2.71. The van der Waals surface area contributed by atoms with Gasteiger partial charge in [-0.05, 0) is 69.6 Å². The summed E-state index contributed by atoms with van der Waals surface area (Å²) in [7, 11) is 1.56. The Bertz CT molecular complexity index is 968. The van der Waals surface area contributed by atoms with Crippen molar-refractivity contribution in [3.63, 3.8) is 0 Å². The molecule has 0 aliphatic carbocycles. The van der Waals surface area contributed by atoms with Crippen molar-refractivity contribution in [2.45, 2.75) is 25.7 Å². The SMILES string of the molecule is COCC(=O)N1CCN(c2ccc(-c3ncc4c(n3)N(CCCN3CCCC3)CC4)cc2)CC1. The van der Waals surface area contributed by atoms with Gasteiger partial charge in [0.05, 0.1) is 0 Å². The summed E-state index contributed by atoms with van der Waals surface area (Å²) in [6, 6.07) is 8.52. The van der Waals surface area contributed by atoms with Gasteiger partial charge in [0.25, 0.3) is 0 Å². The number of amides is 1. The van der Waals surface area contributed by atoms with Crippen LogP contribution in [0.5, 0.6) is 0 Å². The fourth-order valence-corrected chi connectivity index (χ4v) is 5.31. The molecule has 0 atom stereocenters. The van der Waals surface area contributed by atoms with E-state index in [1.54, 1.807) is 7.11 Å². The number of hydrogen-bond acceptors (Lipinski definition) is 7. The van der Waals surface area contributed by atoms with Crippen LogP contribution in [-0.2, 0) is 16.0 Å². The topological polar surface area (TPSA) is 65.0 Å². The number of methoxy groups -OCH3 is 1. The zero-order valence-electron chi connectivity index (χ0n) is 20.3. The quantitative estimate of drug-likeness (QED) is 0.594. The fraction of sp³-hybridized carbons (Fsp3) is 0.577. The van der Waals surface area contributed by atoms with E-state index in [-0.39, 0.29) is 12.5 Å². The number of likely N-dealkylation sites (tertiary alicyclic amines) is 1. The molecule has 0 bridgehead atoms. The molecule has 1 aromatic heterocycles. The van der Waals surface area contributed by atoms with Crippen molar-refractivity contribution in [3.05, 3.63) is 36.0 Å². The lowest BCUT2D eigenvalue weighted by atomic mass is 10.1. The molecule has 8 heteroatoms. The first kappa shape index (κ1) is 23.1. The van der Waals surface area contributed by atoms with E-state index in [9.17, 15) is 4.79 Å². The minimum Gasteiger partial charge on any atom is -0.375 e. The molecule has 34 heavy (non-hydrogen) atoms. The lowest BCUT2D eigenvalue weighted by Crippen LogP contribution is -2.49. The van der Waals surface area contributed by atoms with Gasteiger partial charge in [0.15, 0.2) is 5.82 Å². The molecule has 0 unspecified atom stereocenters. The van der Waals surface area contributed by atoms with Gasteiger partial charge in [-0.1, -0.05) is 0 Å². The zero-order chi connectivity index (χ0) is 23.3. The third-order valence-electron chi connectivity index (χ3n) is 7.28. The molecule has 5 rings (SSSR count). The Morgan fingerprint density at radius 3 is 2.47 bits per heavy atom. The predicted octanol–water partition coefficient (Wildman–Crippen LogP) is 2.29. The molecule has 3 aliphatic rings.